The Morgan fingerprint density at radius 3 is 2.38 bits per heavy atom. The fourth-order valence-electron chi connectivity index (χ4n) is 2.43. The van der Waals surface area contributed by atoms with E-state index in [4.69, 9.17) is 9.15 Å². The monoisotopic (exact) mass is 348 g/mol. The summed E-state index contributed by atoms with van der Waals surface area (Å²) >= 11 is 0. The van der Waals surface area contributed by atoms with E-state index < -0.39 is 29.8 Å². The summed E-state index contributed by atoms with van der Waals surface area (Å²) in [5, 5.41) is 9.45. The maximum atomic E-state index is 12.4. The fraction of sp³-hybridized carbons (Fsp3) is 0.0625. The molecule has 3 aromatic rings. The molecule has 1 heterocycles. The van der Waals surface area contributed by atoms with Crippen LogP contribution in [0.5, 0.6) is 11.5 Å². The molecule has 7 nitrogen and oxygen atoms in total. The lowest BCUT2D eigenvalue weighted by atomic mass is 10.1. The predicted octanol–water partition coefficient (Wildman–Crippen LogP) is 1.98. The van der Waals surface area contributed by atoms with Crippen LogP contribution in [0.2, 0.25) is 0 Å². The van der Waals surface area contributed by atoms with Gasteiger partial charge in [0, 0.05) is 17.7 Å². The predicted molar refractivity (Wildman–Crippen MR) is 87.8 cm³/mol. The molecule has 0 spiro atoms. The first-order valence-corrected chi connectivity index (χ1v) is 8.43. The lowest BCUT2D eigenvalue weighted by Crippen LogP contribution is -2.11. The van der Waals surface area contributed by atoms with Crippen molar-refractivity contribution < 1.29 is 28.6 Å². The van der Waals surface area contributed by atoms with Crippen molar-refractivity contribution in [2.45, 2.75) is 0 Å². The Bertz CT molecular complexity index is 1020. The van der Waals surface area contributed by atoms with E-state index in [2.05, 4.69) is 0 Å². The van der Waals surface area contributed by atoms with Gasteiger partial charge in [-0.1, -0.05) is 30.3 Å². The number of benzene rings is 2. The molecule has 0 atom stereocenters. The molecule has 8 heteroatoms. The van der Waals surface area contributed by atoms with E-state index >= 15 is 0 Å². The molecule has 0 aliphatic rings. The summed E-state index contributed by atoms with van der Waals surface area (Å²) in [6, 6.07) is 11.0. The summed E-state index contributed by atoms with van der Waals surface area (Å²) in [5.74, 6) is -0.897. The van der Waals surface area contributed by atoms with Gasteiger partial charge >= 0.3 is 7.60 Å². The van der Waals surface area contributed by atoms with E-state index in [1.807, 2.05) is 0 Å². The Morgan fingerprint density at radius 2 is 1.79 bits per heavy atom. The van der Waals surface area contributed by atoms with Crippen LogP contribution in [0.15, 0.2) is 51.7 Å². The second-order valence-electron chi connectivity index (χ2n) is 5.04. The molecule has 0 unspecified atom stereocenters. The normalized spacial score (nSPS) is 11.6. The third-order valence-electron chi connectivity index (χ3n) is 3.50. The molecule has 24 heavy (non-hydrogen) atoms. The van der Waals surface area contributed by atoms with E-state index in [0.29, 0.717) is 5.56 Å². The first-order chi connectivity index (χ1) is 11.3. The number of hydrogen-bond donors (Lipinski definition) is 3. The summed E-state index contributed by atoms with van der Waals surface area (Å²) in [7, 11) is -3.61. The van der Waals surface area contributed by atoms with Crippen molar-refractivity contribution in [1.29, 1.82) is 0 Å². The largest absolute Gasteiger partial charge is 0.504 e. The van der Waals surface area contributed by atoms with Crippen molar-refractivity contribution >= 4 is 23.9 Å². The average Bonchev–Trinajstić information content (AvgIpc) is 2.54. The molecule has 0 aliphatic heterocycles. The van der Waals surface area contributed by atoms with Crippen LogP contribution in [-0.4, -0.2) is 22.0 Å². The molecular weight excluding hydrogens is 335 g/mol. The number of phenolic OH excluding ortho intramolecular Hbond substituents is 1. The van der Waals surface area contributed by atoms with E-state index in [1.54, 1.807) is 30.3 Å². The third kappa shape index (κ3) is 2.69. The van der Waals surface area contributed by atoms with Gasteiger partial charge < -0.3 is 24.0 Å². The highest BCUT2D eigenvalue weighted by Crippen LogP contribution is 2.43. The Kier molecular flexibility index (Phi) is 3.93. The summed E-state index contributed by atoms with van der Waals surface area (Å²) in [6.45, 7) is 0. The molecule has 0 bridgehead atoms. The van der Waals surface area contributed by atoms with Gasteiger partial charge in [0.15, 0.2) is 16.9 Å². The van der Waals surface area contributed by atoms with Crippen LogP contribution >= 0.6 is 7.60 Å². The van der Waals surface area contributed by atoms with Crippen molar-refractivity contribution in [1.82, 2.24) is 0 Å². The highest BCUT2D eigenvalue weighted by atomic mass is 31.2. The van der Waals surface area contributed by atoms with E-state index in [-0.39, 0.29) is 16.7 Å². The zero-order chi connectivity index (χ0) is 17.5. The quantitative estimate of drug-likeness (QED) is 0.620. The number of methoxy groups -OCH3 is 1. The fourth-order valence-corrected chi connectivity index (χ4v) is 3.18. The van der Waals surface area contributed by atoms with Crippen molar-refractivity contribution in [3.05, 3.63) is 52.7 Å². The maximum absolute atomic E-state index is 12.4. The summed E-state index contributed by atoms with van der Waals surface area (Å²) in [6.07, 6.45) is 0. The molecule has 0 aliphatic carbocycles. The van der Waals surface area contributed by atoms with Crippen LogP contribution in [0.3, 0.4) is 0 Å². The SMILES string of the molecule is COc1c(P(=O)(O)O)cc2oc(-c3ccccc3)cc(=O)c2c1O. The maximum Gasteiger partial charge on any atom is 0.360 e. The molecule has 0 saturated heterocycles. The van der Waals surface area contributed by atoms with Gasteiger partial charge in [-0.15, -0.1) is 0 Å². The van der Waals surface area contributed by atoms with Gasteiger partial charge in [0.1, 0.15) is 22.0 Å². The Hall–Kier alpha value is -2.60. The Labute approximate surface area is 135 Å². The van der Waals surface area contributed by atoms with E-state index in [9.17, 15) is 24.3 Å². The van der Waals surface area contributed by atoms with Gasteiger partial charge in [-0.2, -0.15) is 0 Å². The van der Waals surface area contributed by atoms with Gasteiger partial charge in [0.2, 0.25) is 0 Å². The first kappa shape index (κ1) is 16.3. The molecule has 0 radical (unpaired) electrons. The van der Waals surface area contributed by atoms with Crippen molar-refractivity contribution in [3.8, 4) is 22.8 Å². The zero-order valence-corrected chi connectivity index (χ0v) is 13.4. The second-order valence-corrected chi connectivity index (χ2v) is 6.61. The molecule has 1 aromatic heterocycles. The standard InChI is InChI=1S/C16H13O7P/c1-22-16-13(24(19,20)21)8-12-14(15(16)18)10(17)7-11(23-12)9-5-3-2-4-6-9/h2-8,18H,1H3,(H2,19,20,21). The minimum atomic E-state index is -4.75. The van der Waals surface area contributed by atoms with E-state index in [1.165, 1.54) is 6.07 Å². The van der Waals surface area contributed by atoms with Gasteiger partial charge in [0.05, 0.1) is 7.11 Å². The van der Waals surface area contributed by atoms with Crippen LogP contribution in [0.25, 0.3) is 22.3 Å². The number of phenols is 1. The molecule has 2 aromatic carbocycles. The van der Waals surface area contributed by atoms with Crippen molar-refractivity contribution in [2.75, 3.05) is 7.11 Å². The van der Waals surface area contributed by atoms with Crippen molar-refractivity contribution in [2.24, 2.45) is 0 Å². The summed E-state index contributed by atoms with van der Waals surface area (Å²) in [4.78, 5) is 31.2. The van der Waals surface area contributed by atoms with Gasteiger partial charge in [-0.05, 0) is 0 Å². The third-order valence-corrected chi connectivity index (χ3v) is 4.46. The number of rotatable bonds is 3. The smallest absolute Gasteiger partial charge is 0.360 e. The van der Waals surface area contributed by atoms with Crippen LogP contribution in [-0.2, 0) is 4.57 Å². The lowest BCUT2D eigenvalue weighted by Gasteiger charge is -2.13. The van der Waals surface area contributed by atoms with Crippen molar-refractivity contribution in [3.63, 3.8) is 0 Å². The molecular formula is C16H13O7P. The van der Waals surface area contributed by atoms with Crippen LogP contribution < -0.4 is 15.5 Å². The molecule has 0 saturated carbocycles. The topological polar surface area (TPSA) is 117 Å². The summed E-state index contributed by atoms with van der Waals surface area (Å²) < 4.78 is 22.1. The highest BCUT2D eigenvalue weighted by molar-refractivity contribution is 7.60. The second kappa shape index (κ2) is 5.79. The number of aromatic hydroxyl groups is 1. The van der Waals surface area contributed by atoms with Crippen LogP contribution in [0.1, 0.15) is 0 Å². The lowest BCUT2D eigenvalue weighted by molar-refractivity contribution is 0.366. The number of ether oxygens (including phenoxy) is 1. The molecule has 3 N–H and O–H groups in total. The van der Waals surface area contributed by atoms with Gasteiger partial charge in [-0.3, -0.25) is 9.36 Å². The minimum Gasteiger partial charge on any atom is -0.504 e. The highest BCUT2D eigenvalue weighted by Gasteiger charge is 2.28. The van der Waals surface area contributed by atoms with E-state index in [0.717, 1.165) is 13.2 Å². The first-order valence-electron chi connectivity index (χ1n) is 6.82. The van der Waals surface area contributed by atoms with Crippen LogP contribution in [0.4, 0.5) is 0 Å². The Balaban J connectivity index is 2.39. The van der Waals surface area contributed by atoms with Gasteiger partial charge in [-0.25, -0.2) is 0 Å². The van der Waals surface area contributed by atoms with Gasteiger partial charge in [0.25, 0.3) is 0 Å². The zero-order valence-electron chi connectivity index (χ0n) is 12.5. The summed E-state index contributed by atoms with van der Waals surface area (Å²) in [5.41, 5.74) is -0.0781. The molecule has 3 rings (SSSR count). The number of fused-ring (bicyclic) bond motifs is 1. The average molecular weight is 348 g/mol. The molecule has 0 amide bonds. The minimum absolute atomic E-state index is 0.141. The van der Waals surface area contributed by atoms with Crippen LogP contribution in [0, 0.1) is 0 Å². The molecule has 124 valence electrons. The number of hydrogen-bond acceptors (Lipinski definition) is 5. The Morgan fingerprint density at radius 1 is 1.12 bits per heavy atom. The molecule has 0 fully saturated rings.